The van der Waals surface area contributed by atoms with Crippen LogP contribution in [0, 0.1) is 5.82 Å². The molecular weight excluding hydrogens is 339 g/mol. The van der Waals surface area contributed by atoms with E-state index in [1.165, 1.54) is 11.6 Å². The Morgan fingerprint density at radius 1 is 1.00 bits per heavy atom. The standard InChI is InChI=1S/C23H21FN2O/c1-2-5-15-10-11-18-21(13-15)26(14-16-6-3-7-17(24)12-16)20-9-4-8-19(22(18)20)23(25)27/h3-4,6-13H,2,5,14H2,1H3,(H2,25,27). The number of fused-ring (bicyclic) bond motifs is 3. The Hall–Kier alpha value is -3.14. The Morgan fingerprint density at radius 3 is 2.56 bits per heavy atom. The van der Waals surface area contributed by atoms with Crippen molar-refractivity contribution in [3.05, 3.63) is 83.2 Å². The lowest BCUT2D eigenvalue weighted by molar-refractivity contribution is 0.100. The largest absolute Gasteiger partial charge is 0.366 e. The maximum Gasteiger partial charge on any atom is 0.249 e. The van der Waals surface area contributed by atoms with E-state index in [4.69, 9.17) is 5.73 Å². The van der Waals surface area contributed by atoms with Gasteiger partial charge in [-0.15, -0.1) is 0 Å². The quantitative estimate of drug-likeness (QED) is 0.533. The molecule has 0 atom stereocenters. The first-order chi connectivity index (χ1) is 13.1. The zero-order valence-electron chi connectivity index (χ0n) is 15.2. The average Bonchev–Trinajstić information content (AvgIpc) is 2.95. The highest BCUT2D eigenvalue weighted by Gasteiger charge is 2.17. The van der Waals surface area contributed by atoms with Gasteiger partial charge in [0.05, 0.1) is 5.52 Å². The van der Waals surface area contributed by atoms with Crippen LogP contribution >= 0.6 is 0 Å². The van der Waals surface area contributed by atoms with Crippen LogP contribution in [0.4, 0.5) is 4.39 Å². The highest BCUT2D eigenvalue weighted by atomic mass is 19.1. The number of primary amides is 1. The van der Waals surface area contributed by atoms with E-state index in [0.29, 0.717) is 12.1 Å². The zero-order valence-corrected chi connectivity index (χ0v) is 15.2. The Morgan fingerprint density at radius 2 is 1.81 bits per heavy atom. The second-order valence-electron chi connectivity index (χ2n) is 6.88. The summed E-state index contributed by atoms with van der Waals surface area (Å²) >= 11 is 0. The Bertz CT molecular complexity index is 1160. The number of carbonyl (C=O) groups excluding carboxylic acids is 1. The Kier molecular flexibility index (Phi) is 4.40. The van der Waals surface area contributed by atoms with Crippen LogP contribution in [0.1, 0.15) is 34.8 Å². The molecule has 0 fully saturated rings. The molecule has 4 rings (SSSR count). The van der Waals surface area contributed by atoms with Gasteiger partial charge in [0.2, 0.25) is 5.91 Å². The van der Waals surface area contributed by atoms with Crippen molar-refractivity contribution in [2.75, 3.05) is 0 Å². The molecule has 0 aliphatic carbocycles. The molecule has 0 bridgehead atoms. The summed E-state index contributed by atoms with van der Waals surface area (Å²) in [6.07, 6.45) is 2.04. The first-order valence-electron chi connectivity index (χ1n) is 9.16. The molecule has 136 valence electrons. The molecule has 0 unspecified atom stereocenters. The maximum atomic E-state index is 13.7. The fourth-order valence-electron chi connectivity index (χ4n) is 3.83. The second kappa shape index (κ2) is 6.88. The number of aromatic nitrogens is 1. The number of amides is 1. The van der Waals surface area contributed by atoms with E-state index in [1.807, 2.05) is 18.2 Å². The van der Waals surface area contributed by atoms with E-state index in [0.717, 1.165) is 40.2 Å². The van der Waals surface area contributed by atoms with Crippen LogP contribution in [-0.4, -0.2) is 10.5 Å². The van der Waals surface area contributed by atoms with Crippen molar-refractivity contribution in [3.8, 4) is 0 Å². The van der Waals surface area contributed by atoms with Crippen molar-refractivity contribution in [2.45, 2.75) is 26.3 Å². The third kappa shape index (κ3) is 3.08. The highest BCUT2D eigenvalue weighted by Crippen LogP contribution is 2.33. The molecule has 3 aromatic carbocycles. The first kappa shape index (κ1) is 17.3. The topological polar surface area (TPSA) is 48.0 Å². The van der Waals surface area contributed by atoms with Gasteiger partial charge < -0.3 is 10.3 Å². The monoisotopic (exact) mass is 360 g/mol. The number of hydrogen-bond donors (Lipinski definition) is 1. The molecule has 2 N–H and O–H groups in total. The normalized spacial score (nSPS) is 11.3. The third-order valence-electron chi connectivity index (χ3n) is 4.99. The lowest BCUT2D eigenvalue weighted by Gasteiger charge is -2.09. The fourth-order valence-corrected chi connectivity index (χ4v) is 3.83. The summed E-state index contributed by atoms with van der Waals surface area (Å²) in [5.41, 5.74) is 10.2. The molecule has 0 aliphatic heterocycles. The van der Waals surface area contributed by atoms with E-state index in [-0.39, 0.29) is 5.82 Å². The van der Waals surface area contributed by atoms with Crippen LogP contribution in [0.25, 0.3) is 21.8 Å². The highest BCUT2D eigenvalue weighted by molar-refractivity contribution is 6.17. The lowest BCUT2D eigenvalue weighted by Crippen LogP contribution is -2.11. The minimum absolute atomic E-state index is 0.252. The van der Waals surface area contributed by atoms with Gasteiger partial charge in [-0.3, -0.25) is 4.79 Å². The minimum Gasteiger partial charge on any atom is -0.366 e. The molecule has 1 heterocycles. The van der Waals surface area contributed by atoms with E-state index in [1.54, 1.807) is 18.2 Å². The first-order valence-corrected chi connectivity index (χ1v) is 9.16. The van der Waals surface area contributed by atoms with Crippen LogP contribution in [0.15, 0.2) is 60.7 Å². The molecule has 27 heavy (non-hydrogen) atoms. The van der Waals surface area contributed by atoms with E-state index < -0.39 is 5.91 Å². The summed E-state index contributed by atoms with van der Waals surface area (Å²) in [5, 5.41) is 1.86. The van der Waals surface area contributed by atoms with E-state index in [2.05, 4.69) is 29.7 Å². The van der Waals surface area contributed by atoms with E-state index >= 15 is 0 Å². The predicted molar refractivity (Wildman–Crippen MR) is 107 cm³/mol. The van der Waals surface area contributed by atoms with Gasteiger partial charge in [-0.25, -0.2) is 4.39 Å². The smallest absolute Gasteiger partial charge is 0.249 e. The summed E-state index contributed by atoms with van der Waals surface area (Å²) in [6.45, 7) is 2.67. The van der Waals surface area contributed by atoms with Gasteiger partial charge in [-0.1, -0.05) is 43.7 Å². The van der Waals surface area contributed by atoms with Gasteiger partial charge in [0.1, 0.15) is 5.82 Å². The van der Waals surface area contributed by atoms with Crippen LogP contribution < -0.4 is 5.73 Å². The maximum absolute atomic E-state index is 13.7. The zero-order chi connectivity index (χ0) is 19.0. The number of halogens is 1. The molecule has 1 aromatic heterocycles. The molecule has 3 nitrogen and oxygen atoms in total. The Balaban J connectivity index is 2.02. The van der Waals surface area contributed by atoms with Crippen molar-refractivity contribution < 1.29 is 9.18 Å². The summed E-state index contributed by atoms with van der Waals surface area (Å²) in [7, 11) is 0. The van der Waals surface area contributed by atoms with Gasteiger partial charge in [-0.05, 0) is 47.9 Å². The molecule has 4 aromatic rings. The van der Waals surface area contributed by atoms with Crippen molar-refractivity contribution in [1.82, 2.24) is 4.57 Å². The summed E-state index contributed by atoms with van der Waals surface area (Å²) in [5.74, 6) is -0.694. The number of carbonyl (C=O) groups is 1. The number of aryl methyl sites for hydroxylation is 1. The summed E-state index contributed by atoms with van der Waals surface area (Å²) < 4.78 is 15.8. The van der Waals surface area contributed by atoms with Crippen LogP contribution in [0.3, 0.4) is 0 Å². The molecule has 0 saturated heterocycles. The van der Waals surface area contributed by atoms with Gasteiger partial charge in [0, 0.05) is 28.4 Å². The second-order valence-corrected chi connectivity index (χ2v) is 6.88. The van der Waals surface area contributed by atoms with Crippen LogP contribution in [0.2, 0.25) is 0 Å². The average molecular weight is 360 g/mol. The van der Waals surface area contributed by atoms with Crippen molar-refractivity contribution in [2.24, 2.45) is 5.73 Å². The fraction of sp³-hybridized carbons (Fsp3) is 0.174. The summed E-state index contributed by atoms with van der Waals surface area (Å²) in [6, 6.07) is 18.6. The molecule has 0 spiro atoms. The number of hydrogen-bond acceptors (Lipinski definition) is 1. The number of nitrogens with zero attached hydrogens (tertiary/aromatic N) is 1. The molecule has 0 aliphatic rings. The molecule has 4 heteroatoms. The minimum atomic E-state index is -0.442. The van der Waals surface area contributed by atoms with Crippen LogP contribution in [0.5, 0.6) is 0 Å². The third-order valence-corrected chi connectivity index (χ3v) is 4.99. The molecule has 1 amide bonds. The number of rotatable bonds is 5. The summed E-state index contributed by atoms with van der Waals surface area (Å²) in [4.78, 5) is 12.0. The Labute approximate surface area is 157 Å². The van der Waals surface area contributed by atoms with Gasteiger partial charge in [0.15, 0.2) is 0 Å². The number of benzene rings is 3. The molecular formula is C23H21FN2O. The van der Waals surface area contributed by atoms with Gasteiger partial charge >= 0.3 is 0 Å². The lowest BCUT2D eigenvalue weighted by atomic mass is 10.0. The van der Waals surface area contributed by atoms with Crippen molar-refractivity contribution in [1.29, 1.82) is 0 Å². The van der Waals surface area contributed by atoms with Gasteiger partial charge in [-0.2, -0.15) is 0 Å². The predicted octanol–water partition coefficient (Wildman–Crippen LogP) is 5.03. The molecule has 0 radical (unpaired) electrons. The number of nitrogens with two attached hydrogens (primary N) is 1. The van der Waals surface area contributed by atoms with E-state index in [9.17, 15) is 9.18 Å². The van der Waals surface area contributed by atoms with Crippen molar-refractivity contribution in [3.63, 3.8) is 0 Å². The van der Waals surface area contributed by atoms with Crippen LogP contribution in [-0.2, 0) is 13.0 Å². The van der Waals surface area contributed by atoms with Crippen molar-refractivity contribution >= 4 is 27.7 Å². The van der Waals surface area contributed by atoms with Gasteiger partial charge in [0.25, 0.3) is 0 Å². The SMILES string of the molecule is CCCc1ccc2c3c(C(N)=O)cccc3n(Cc3cccc(F)c3)c2c1. The molecule has 0 saturated carbocycles.